The van der Waals surface area contributed by atoms with E-state index in [0.717, 1.165) is 16.3 Å². The Balaban J connectivity index is 1.76. The summed E-state index contributed by atoms with van der Waals surface area (Å²) in [5.74, 6) is 7.18. The molecule has 1 N–H and O–H groups in total. The zero-order valence-electron chi connectivity index (χ0n) is 17.6. The van der Waals surface area contributed by atoms with Gasteiger partial charge in [0.15, 0.2) is 5.43 Å². The number of aliphatic hydroxyl groups is 1. The maximum absolute atomic E-state index is 12.8. The molecule has 0 aliphatic heterocycles. The molecule has 0 spiro atoms. The maximum atomic E-state index is 12.8. The lowest BCUT2D eigenvalue weighted by Gasteiger charge is -2.12. The Bertz CT molecular complexity index is 1350. The van der Waals surface area contributed by atoms with E-state index in [9.17, 15) is 4.79 Å². The summed E-state index contributed by atoms with van der Waals surface area (Å²) in [4.78, 5) is 12.8. The molecule has 0 bridgehead atoms. The molecular formula is C27H24O4. The molecule has 156 valence electrons. The molecule has 0 unspecified atom stereocenters. The number of hydrogen-bond donors (Lipinski definition) is 1. The van der Waals surface area contributed by atoms with Crippen LogP contribution in [0.4, 0.5) is 0 Å². The first-order valence-corrected chi connectivity index (χ1v) is 10.4. The summed E-state index contributed by atoms with van der Waals surface area (Å²) in [5.41, 5.74) is 1.95. The average molecular weight is 412 g/mol. The van der Waals surface area contributed by atoms with Crippen LogP contribution in [0.25, 0.3) is 21.7 Å². The lowest BCUT2D eigenvalue weighted by atomic mass is 10.0. The highest BCUT2D eigenvalue weighted by atomic mass is 16.5. The third-order valence-electron chi connectivity index (χ3n) is 5.13. The van der Waals surface area contributed by atoms with Gasteiger partial charge in [-0.1, -0.05) is 68.2 Å². The van der Waals surface area contributed by atoms with Crippen LogP contribution in [0.1, 0.15) is 43.1 Å². The minimum absolute atomic E-state index is 0.0334. The molecule has 0 fully saturated rings. The van der Waals surface area contributed by atoms with Gasteiger partial charge in [0.1, 0.15) is 23.7 Å². The molecule has 1 aromatic heterocycles. The maximum Gasteiger partial charge on any atom is 0.194 e. The van der Waals surface area contributed by atoms with Gasteiger partial charge >= 0.3 is 0 Å². The predicted molar refractivity (Wildman–Crippen MR) is 123 cm³/mol. The normalized spacial score (nSPS) is 11.0. The highest BCUT2D eigenvalue weighted by Crippen LogP contribution is 2.27. The smallest absolute Gasteiger partial charge is 0.194 e. The van der Waals surface area contributed by atoms with Gasteiger partial charge in [-0.15, -0.1) is 0 Å². The third-order valence-corrected chi connectivity index (χ3v) is 5.13. The lowest BCUT2D eigenvalue weighted by Crippen LogP contribution is -2.06. The van der Waals surface area contributed by atoms with Crippen LogP contribution in [0.15, 0.2) is 69.9 Å². The molecule has 4 aromatic rings. The highest BCUT2D eigenvalue weighted by Gasteiger charge is 2.13. The molecule has 0 saturated carbocycles. The van der Waals surface area contributed by atoms with Crippen LogP contribution < -0.4 is 10.2 Å². The summed E-state index contributed by atoms with van der Waals surface area (Å²) in [7, 11) is 0. The standard InChI is InChI=1S/C27H24O4/c1-18(2)25-16-24(29)27-20(9-5-6-13-28)14-22(15-26(27)31-25)30-17-21-11-7-10-19-8-3-4-12-23(19)21/h3-4,7-8,10-12,14-16,18,28H,6,13,17H2,1-2H3. The minimum atomic E-state index is -0.126. The highest BCUT2D eigenvalue weighted by molar-refractivity contribution is 5.86. The van der Waals surface area contributed by atoms with Crippen LogP contribution in [0.2, 0.25) is 0 Å². The van der Waals surface area contributed by atoms with E-state index < -0.39 is 0 Å². The fourth-order valence-corrected chi connectivity index (χ4v) is 3.54. The van der Waals surface area contributed by atoms with Crippen molar-refractivity contribution in [2.75, 3.05) is 6.61 Å². The van der Waals surface area contributed by atoms with Crippen LogP contribution >= 0.6 is 0 Å². The first-order chi connectivity index (χ1) is 15.1. The molecule has 4 heteroatoms. The van der Waals surface area contributed by atoms with Crippen LogP contribution in [0.3, 0.4) is 0 Å². The number of hydrogen-bond acceptors (Lipinski definition) is 4. The Morgan fingerprint density at radius 2 is 1.87 bits per heavy atom. The summed E-state index contributed by atoms with van der Waals surface area (Å²) in [6.45, 7) is 4.30. The summed E-state index contributed by atoms with van der Waals surface area (Å²) in [5, 5.41) is 11.8. The van der Waals surface area contributed by atoms with Gasteiger partial charge in [0, 0.05) is 30.0 Å². The summed E-state index contributed by atoms with van der Waals surface area (Å²) in [6.07, 6.45) is 0.331. The Morgan fingerprint density at radius 1 is 1.06 bits per heavy atom. The Morgan fingerprint density at radius 3 is 2.68 bits per heavy atom. The molecule has 4 nitrogen and oxygen atoms in total. The Kier molecular flexibility index (Phi) is 6.06. The molecule has 1 heterocycles. The molecule has 0 aliphatic carbocycles. The van der Waals surface area contributed by atoms with Gasteiger partial charge in [0.2, 0.25) is 0 Å². The fourth-order valence-electron chi connectivity index (χ4n) is 3.54. The Labute approximate surface area is 181 Å². The molecule has 0 radical (unpaired) electrons. The van der Waals surface area contributed by atoms with Crippen LogP contribution in [0.5, 0.6) is 5.75 Å². The van der Waals surface area contributed by atoms with Crippen molar-refractivity contribution in [1.29, 1.82) is 0 Å². The van der Waals surface area contributed by atoms with Gasteiger partial charge in [0.05, 0.1) is 12.0 Å². The van der Waals surface area contributed by atoms with Crippen LogP contribution in [-0.4, -0.2) is 11.7 Å². The van der Waals surface area contributed by atoms with Crippen molar-refractivity contribution in [2.24, 2.45) is 0 Å². The second-order valence-corrected chi connectivity index (χ2v) is 7.71. The van der Waals surface area contributed by atoms with Gasteiger partial charge in [-0.25, -0.2) is 0 Å². The number of rotatable bonds is 5. The quantitative estimate of drug-likeness (QED) is 0.447. The van der Waals surface area contributed by atoms with Crippen LogP contribution in [0, 0.1) is 11.8 Å². The van der Waals surface area contributed by atoms with E-state index in [2.05, 4.69) is 30.0 Å². The summed E-state index contributed by atoms with van der Waals surface area (Å²) < 4.78 is 12.1. The topological polar surface area (TPSA) is 59.7 Å². The molecular weight excluding hydrogens is 388 g/mol. The lowest BCUT2D eigenvalue weighted by molar-refractivity contribution is 0.305. The Hall–Kier alpha value is -3.55. The summed E-state index contributed by atoms with van der Waals surface area (Å²) in [6, 6.07) is 19.4. The third kappa shape index (κ3) is 4.47. The molecule has 31 heavy (non-hydrogen) atoms. The molecule has 4 rings (SSSR count). The molecule has 0 amide bonds. The molecule has 3 aromatic carbocycles. The number of ether oxygens (including phenoxy) is 1. The van der Waals surface area contributed by atoms with E-state index in [4.69, 9.17) is 14.3 Å². The van der Waals surface area contributed by atoms with Gasteiger partial charge < -0.3 is 14.3 Å². The van der Waals surface area contributed by atoms with Gasteiger partial charge in [0.25, 0.3) is 0 Å². The molecule has 0 atom stereocenters. The summed E-state index contributed by atoms with van der Waals surface area (Å²) >= 11 is 0. The van der Waals surface area contributed by atoms with E-state index in [1.807, 2.05) is 38.1 Å². The zero-order chi connectivity index (χ0) is 21.8. The molecule has 0 saturated heterocycles. The van der Waals surface area contributed by atoms with Gasteiger partial charge in [-0.05, 0) is 22.4 Å². The van der Waals surface area contributed by atoms with E-state index in [1.165, 1.54) is 6.07 Å². The fraction of sp³-hybridized carbons (Fsp3) is 0.222. The van der Waals surface area contributed by atoms with Gasteiger partial charge in [-0.2, -0.15) is 0 Å². The zero-order valence-corrected chi connectivity index (χ0v) is 17.6. The van der Waals surface area contributed by atoms with Crippen molar-refractivity contribution in [2.45, 2.75) is 32.8 Å². The van der Waals surface area contributed by atoms with E-state index in [1.54, 1.807) is 12.1 Å². The van der Waals surface area contributed by atoms with E-state index in [-0.39, 0.29) is 18.0 Å². The van der Waals surface area contributed by atoms with Crippen molar-refractivity contribution in [3.05, 3.63) is 87.8 Å². The average Bonchev–Trinajstić information content (AvgIpc) is 2.77. The monoisotopic (exact) mass is 412 g/mol. The van der Waals surface area contributed by atoms with Crippen molar-refractivity contribution in [3.63, 3.8) is 0 Å². The van der Waals surface area contributed by atoms with E-state index >= 15 is 0 Å². The van der Waals surface area contributed by atoms with Gasteiger partial charge in [-0.3, -0.25) is 4.79 Å². The SMILES string of the molecule is CC(C)c1cc(=O)c2c(C#CCCO)cc(OCc3cccc4ccccc34)cc2o1. The predicted octanol–water partition coefficient (Wildman–Crippen LogP) is 5.38. The van der Waals surface area contributed by atoms with Crippen LogP contribution in [-0.2, 0) is 6.61 Å². The second kappa shape index (κ2) is 9.07. The largest absolute Gasteiger partial charge is 0.489 e. The second-order valence-electron chi connectivity index (χ2n) is 7.71. The first kappa shape index (κ1) is 20.7. The van der Waals surface area contributed by atoms with Crippen molar-refractivity contribution in [3.8, 4) is 17.6 Å². The van der Waals surface area contributed by atoms with Crippen molar-refractivity contribution >= 4 is 21.7 Å². The minimum Gasteiger partial charge on any atom is -0.489 e. The number of aliphatic hydroxyl groups excluding tert-OH is 1. The van der Waals surface area contributed by atoms with E-state index in [0.29, 0.717) is 41.1 Å². The number of benzene rings is 3. The number of fused-ring (bicyclic) bond motifs is 2. The first-order valence-electron chi connectivity index (χ1n) is 10.4. The van der Waals surface area contributed by atoms with Crippen molar-refractivity contribution in [1.82, 2.24) is 0 Å². The van der Waals surface area contributed by atoms with Crippen molar-refractivity contribution < 1.29 is 14.3 Å². The molecule has 0 aliphatic rings.